The van der Waals surface area contributed by atoms with Gasteiger partial charge in [-0.25, -0.2) is 4.79 Å². The molecule has 1 aliphatic heterocycles. The molecule has 1 fully saturated rings. The van der Waals surface area contributed by atoms with Gasteiger partial charge in [-0.2, -0.15) is 0 Å². The summed E-state index contributed by atoms with van der Waals surface area (Å²) in [6.45, 7) is 0.521. The Morgan fingerprint density at radius 2 is 2.50 bits per heavy atom. The summed E-state index contributed by atoms with van der Waals surface area (Å²) >= 11 is 0. The molecule has 1 saturated heterocycles. The SMILES string of the molecule is O=C(O)C1(Cc2ccco2)CCCO1. The summed E-state index contributed by atoms with van der Waals surface area (Å²) < 4.78 is 10.4. The lowest BCUT2D eigenvalue weighted by Crippen LogP contribution is -2.39. The van der Waals surface area contributed by atoms with Gasteiger partial charge in [0.2, 0.25) is 0 Å². The van der Waals surface area contributed by atoms with Gasteiger partial charge in [-0.3, -0.25) is 0 Å². The van der Waals surface area contributed by atoms with Crippen LogP contribution in [0.2, 0.25) is 0 Å². The second kappa shape index (κ2) is 3.46. The van der Waals surface area contributed by atoms with Crippen molar-refractivity contribution in [3.05, 3.63) is 24.2 Å². The first-order valence-electron chi connectivity index (χ1n) is 4.63. The Morgan fingerprint density at radius 3 is 3.00 bits per heavy atom. The van der Waals surface area contributed by atoms with Crippen LogP contribution in [0.3, 0.4) is 0 Å². The second-order valence-corrected chi connectivity index (χ2v) is 3.51. The summed E-state index contributed by atoms with van der Waals surface area (Å²) in [4.78, 5) is 11.1. The van der Waals surface area contributed by atoms with Gasteiger partial charge in [0.1, 0.15) is 5.76 Å². The average Bonchev–Trinajstić information content (AvgIpc) is 2.76. The van der Waals surface area contributed by atoms with Gasteiger partial charge in [0.15, 0.2) is 5.60 Å². The lowest BCUT2D eigenvalue weighted by atomic mass is 9.95. The molecule has 1 N–H and O–H groups in total. The standard InChI is InChI=1S/C10H12O4/c11-9(12)10(4-2-6-14-10)7-8-3-1-5-13-8/h1,3,5H,2,4,6-7H2,(H,11,12). The van der Waals surface area contributed by atoms with Gasteiger partial charge >= 0.3 is 5.97 Å². The number of furan rings is 1. The van der Waals surface area contributed by atoms with Crippen molar-refractivity contribution < 1.29 is 19.1 Å². The van der Waals surface area contributed by atoms with Crippen molar-refractivity contribution in [1.82, 2.24) is 0 Å². The van der Waals surface area contributed by atoms with Crippen molar-refractivity contribution in [1.29, 1.82) is 0 Å². The van der Waals surface area contributed by atoms with Crippen LogP contribution in [0.15, 0.2) is 22.8 Å². The molecule has 1 unspecified atom stereocenters. The summed E-state index contributed by atoms with van der Waals surface area (Å²) in [6, 6.07) is 3.52. The number of carbonyl (C=O) groups is 1. The number of aliphatic carboxylic acids is 1. The van der Waals surface area contributed by atoms with Crippen molar-refractivity contribution >= 4 is 5.97 Å². The Labute approximate surface area is 81.5 Å². The van der Waals surface area contributed by atoms with E-state index in [1.807, 2.05) is 0 Å². The molecule has 1 aliphatic rings. The second-order valence-electron chi connectivity index (χ2n) is 3.51. The molecule has 14 heavy (non-hydrogen) atoms. The zero-order valence-corrected chi connectivity index (χ0v) is 7.73. The summed E-state index contributed by atoms with van der Waals surface area (Å²) in [7, 11) is 0. The molecule has 0 spiro atoms. The van der Waals surface area contributed by atoms with Gasteiger partial charge in [0.25, 0.3) is 0 Å². The first kappa shape index (κ1) is 9.27. The molecule has 0 amide bonds. The van der Waals surface area contributed by atoms with Gasteiger partial charge in [-0.1, -0.05) is 0 Å². The lowest BCUT2D eigenvalue weighted by Gasteiger charge is -2.21. The van der Waals surface area contributed by atoms with Gasteiger partial charge in [-0.05, 0) is 25.0 Å². The van der Waals surface area contributed by atoms with Crippen molar-refractivity contribution in [3.8, 4) is 0 Å². The van der Waals surface area contributed by atoms with Gasteiger partial charge in [0, 0.05) is 13.0 Å². The Balaban J connectivity index is 2.16. The van der Waals surface area contributed by atoms with E-state index >= 15 is 0 Å². The summed E-state index contributed by atoms with van der Waals surface area (Å²) in [5.41, 5.74) is -1.06. The van der Waals surface area contributed by atoms with E-state index in [-0.39, 0.29) is 0 Å². The van der Waals surface area contributed by atoms with Crippen LogP contribution in [0.1, 0.15) is 18.6 Å². The van der Waals surface area contributed by atoms with E-state index in [4.69, 9.17) is 14.3 Å². The molecule has 1 atom stereocenters. The van der Waals surface area contributed by atoms with Crippen LogP contribution in [0.25, 0.3) is 0 Å². The minimum Gasteiger partial charge on any atom is -0.479 e. The van der Waals surface area contributed by atoms with Crippen molar-refractivity contribution in [2.45, 2.75) is 24.9 Å². The molecule has 1 aromatic heterocycles. The molecule has 1 aromatic rings. The number of rotatable bonds is 3. The monoisotopic (exact) mass is 196 g/mol. The predicted octanol–water partition coefficient (Wildman–Crippen LogP) is 1.46. The first-order valence-corrected chi connectivity index (χ1v) is 4.63. The molecule has 4 nitrogen and oxygen atoms in total. The van der Waals surface area contributed by atoms with Crippen molar-refractivity contribution in [2.24, 2.45) is 0 Å². The maximum Gasteiger partial charge on any atom is 0.336 e. The highest BCUT2D eigenvalue weighted by atomic mass is 16.5. The van der Waals surface area contributed by atoms with Crippen molar-refractivity contribution in [3.63, 3.8) is 0 Å². The van der Waals surface area contributed by atoms with E-state index in [0.29, 0.717) is 25.2 Å². The highest BCUT2D eigenvalue weighted by Crippen LogP contribution is 2.29. The molecule has 76 valence electrons. The summed E-state index contributed by atoms with van der Waals surface area (Å²) in [6.07, 6.45) is 3.21. The van der Waals surface area contributed by atoms with Crippen molar-refractivity contribution in [2.75, 3.05) is 6.61 Å². The van der Waals surface area contributed by atoms with Crippen LogP contribution in [0.4, 0.5) is 0 Å². The fraction of sp³-hybridized carbons (Fsp3) is 0.500. The molecule has 0 bridgehead atoms. The van der Waals surface area contributed by atoms with Crippen LogP contribution in [0, 0.1) is 0 Å². The number of hydrogen-bond donors (Lipinski definition) is 1. The molecular formula is C10H12O4. The Bertz CT molecular complexity index is 309. The van der Waals surface area contributed by atoms with E-state index in [1.165, 1.54) is 0 Å². The van der Waals surface area contributed by atoms with E-state index in [9.17, 15) is 4.79 Å². The molecule has 0 aromatic carbocycles. The van der Waals surface area contributed by atoms with Crippen LogP contribution < -0.4 is 0 Å². The number of carboxylic acid groups (broad SMARTS) is 1. The topological polar surface area (TPSA) is 59.7 Å². The summed E-state index contributed by atoms with van der Waals surface area (Å²) in [5, 5.41) is 9.10. The number of ether oxygens (including phenoxy) is 1. The van der Waals surface area contributed by atoms with Crippen LogP contribution in [0.5, 0.6) is 0 Å². The van der Waals surface area contributed by atoms with E-state index in [0.717, 1.165) is 6.42 Å². The third-order valence-corrected chi connectivity index (χ3v) is 2.53. The maximum atomic E-state index is 11.1. The van der Waals surface area contributed by atoms with E-state index < -0.39 is 11.6 Å². The Morgan fingerprint density at radius 1 is 1.64 bits per heavy atom. The van der Waals surface area contributed by atoms with Crippen LogP contribution >= 0.6 is 0 Å². The average molecular weight is 196 g/mol. The lowest BCUT2D eigenvalue weighted by molar-refractivity contribution is -0.160. The number of hydrogen-bond acceptors (Lipinski definition) is 3. The molecular weight excluding hydrogens is 184 g/mol. The Kier molecular flexibility index (Phi) is 2.29. The van der Waals surface area contributed by atoms with Gasteiger partial charge < -0.3 is 14.3 Å². The molecule has 0 saturated carbocycles. The largest absolute Gasteiger partial charge is 0.479 e. The fourth-order valence-electron chi connectivity index (χ4n) is 1.78. The molecule has 4 heteroatoms. The smallest absolute Gasteiger partial charge is 0.336 e. The molecule has 2 heterocycles. The first-order chi connectivity index (χ1) is 6.73. The zero-order chi connectivity index (χ0) is 10.0. The Hall–Kier alpha value is -1.29. The van der Waals surface area contributed by atoms with Gasteiger partial charge in [-0.15, -0.1) is 0 Å². The normalized spacial score (nSPS) is 26.6. The summed E-state index contributed by atoms with van der Waals surface area (Å²) in [5.74, 6) is -0.235. The highest BCUT2D eigenvalue weighted by Gasteiger charge is 2.43. The third-order valence-electron chi connectivity index (χ3n) is 2.53. The zero-order valence-electron chi connectivity index (χ0n) is 7.73. The molecule has 0 aliphatic carbocycles. The van der Waals surface area contributed by atoms with E-state index in [2.05, 4.69) is 0 Å². The number of carboxylic acids is 1. The predicted molar refractivity (Wildman–Crippen MR) is 48.0 cm³/mol. The molecule has 0 radical (unpaired) electrons. The minimum absolute atomic E-state index is 0.315. The van der Waals surface area contributed by atoms with Crippen LogP contribution in [-0.2, 0) is 16.0 Å². The maximum absolute atomic E-state index is 11.1. The quantitative estimate of drug-likeness (QED) is 0.794. The van der Waals surface area contributed by atoms with E-state index in [1.54, 1.807) is 18.4 Å². The van der Waals surface area contributed by atoms with Crippen LogP contribution in [-0.4, -0.2) is 23.3 Å². The minimum atomic E-state index is -1.06. The molecule has 2 rings (SSSR count). The highest BCUT2D eigenvalue weighted by molar-refractivity contribution is 5.78. The third kappa shape index (κ3) is 1.53. The van der Waals surface area contributed by atoms with Gasteiger partial charge in [0.05, 0.1) is 6.26 Å². The fourth-order valence-corrected chi connectivity index (χ4v) is 1.78.